The fourth-order valence-corrected chi connectivity index (χ4v) is 5.35. The number of likely N-dealkylation sites (tertiary alicyclic amines) is 2. The molecule has 1 aromatic rings. The van der Waals surface area contributed by atoms with Crippen LogP contribution in [0, 0.1) is 12.3 Å². The molecule has 1 unspecified atom stereocenters. The molecule has 0 saturated carbocycles. The topological polar surface area (TPSA) is 49.9 Å². The summed E-state index contributed by atoms with van der Waals surface area (Å²) in [5.41, 5.74) is 2.08. The third-order valence-corrected chi connectivity index (χ3v) is 7.03. The molecule has 1 aromatic carbocycles. The number of amides is 2. The fraction of sp³-hybridized carbons (Fsp3) is 0.652. The lowest BCUT2D eigenvalue weighted by Crippen LogP contribution is -2.62. The molecule has 0 N–H and O–H groups in total. The second kappa shape index (κ2) is 8.24. The first-order valence-electron chi connectivity index (χ1n) is 10.8. The van der Waals surface area contributed by atoms with Crippen LogP contribution in [0.5, 0.6) is 0 Å². The highest BCUT2D eigenvalue weighted by molar-refractivity contribution is 5.89. The van der Waals surface area contributed by atoms with E-state index in [9.17, 15) is 9.59 Å². The highest BCUT2D eigenvalue weighted by atomic mass is 16.5. The van der Waals surface area contributed by atoms with Crippen LogP contribution < -0.4 is 0 Å². The molecule has 1 spiro atoms. The normalized spacial score (nSPS) is 24.5. The molecule has 3 heterocycles. The molecule has 0 radical (unpaired) electrons. The lowest BCUT2D eigenvalue weighted by Gasteiger charge is -2.51. The molecule has 2 amide bonds. The maximum Gasteiger partial charge on any atom is 0.245 e. The summed E-state index contributed by atoms with van der Waals surface area (Å²) in [6.07, 6.45) is 6.29. The number of hydrogen-bond donors (Lipinski definition) is 0. The number of piperidine rings is 1. The summed E-state index contributed by atoms with van der Waals surface area (Å²) in [6, 6.07) is 7.74. The quantitative estimate of drug-likeness (QED) is 0.805. The summed E-state index contributed by atoms with van der Waals surface area (Å²) in [5, 5.41) is 0. The molecule has 152 valence electrons. The monoisotopic (exact) mass is 384 g/mol. The first-order chi connectivity index (χ1) is 13.6. The number of carbonyl (C=O) groups excluding carboxylic acids is 2. The molecule has 0 aromatic heterocycles. The first kappa shape index (κ1) is 19.4. The van der Waals surface area contributed by atoms with Gasteiger partial charge in [0.25, 0.3) is 0 Å². The van der Waals surface area contributed by atoms with E-state index in [4.69, 9.17) is 4.74 Å². The maximum absolute atomic E-state index is 13.6. The van der Waals surface area contributed by atoms with E-state index < -0.39 is 0 Å². The minimum Gasteiger partial charge on any atom is -0.381 e. The summed E-state index contributed by atoms with van der Waals surface area (Å²) in [7, 11) is 0. The number of carbonyl (C=O) groups is 2. The van der Waals surface area contributed by atoms with E-state index in [2.05, 4.69) is 0 Å². The molecule has 0 bridgehead atoms. The van der Waals surface area contributed by atoms with Gasteiger partial charge in [-0.2, -0.15) is 0 Å². The predicted molar refractivity (Wildman–Crippen MR) is 108 cm³/mol. The Bertz CT molecular complexity index is 715. The van der Waals surface area contributed by atoms with E-state index in [0.29, 0.717) is 26.2 Å². The van der Waals surface area contributed by atoms with Gasteiger partial charge in [-0.25, -0.2) is 0 Å². The zero-order chi connectivity index (χ0) is 19.6. The van der Waals surface area contributed by atoms with Crippen LogP contribution >= 0.6 is 0 Å². The smallest absolute Gasteiger partial charge is 0.245 e. The van der Waals surface area contributed by atoms with Crippen LogP contribution in [0.3, 0.4) is 0 Å². The van der Waals surface area contributed by atoms with Crippen LogP contribution in [-0.2, 0) is 20.7 Å². The highest BCUT2D eigenvalue weighted by Gasteiger charge is 2.51. The molecular formula is C23H32N2O3. The largest absolute Gasteiger partial charge is 0.381 e. The third kappa shape index (κ3) is 3.69. The summed E-state index contributed by atoms with van der Waals surface area (Å²) in [4.78, 5) is 30.9. The van der Waals surface area contributed by atoms with E-state index in [0.717, 1.165) is 62.7 Å². The molecule has 28 heavy (non-hydrogen) atoms. The van der Waals surface area contributed by atoms with Gasteiger partial charge in [0.2, 0.25) is 11.8 Å². The Hall–Kier alpha value is -1.88. The molecule has 5 nitrogen and oxygen atoms in total. The van der Waals surface area contributed by atoms with E-state index in [-0.39, 0.29) is 23.3 Å². The van der Waals surface area contributed by atoms with Crippen molar-refractivity contribution in [2.24, 2.45) is 5.41 Å². The fourth-order valence-electron chi connectivity index (χ4n) is 5.35. The second-order valence-corrected chi connectivity index (χ2v) is 8.70. The molecule has 5 heteroatoms. The van der Waals surface area contributed by atoms with Crippen LogP contribution in [0.15, 0.2) is 24.3 Å². The first-order valence-corrected chi connectivity index (χ1v) is 10.8. The van der Waals surface area contributed by atoms with Crippen LogP contribution in [0.1, 0.15) is 49.7 Å². The molecule has 1 atom stereocenters. The van der Waals surface area contributed by atoms with Gasteiger partial charge in [-0.1, -0.05) is 24.3 Å². The second-order valence-electron chi connectivity index (χ2n) is 8.70. The van der Waals surface area contributed by atoms with Crippen LogP contribution in [-0.4, -0.2) is 60.5 Å². The van der Waals surface area contributed by atoms with Crippen LogP contribution in [0.4, 0.5) is 0 Å². The van der Waals surface area contributed by atoms with E-state index >= 15 is 0 Å². The van der Waals surface area contributed by atoms with Gasteiger partial charge in [-0.15, -0.1) is 0 Å². The average molecular weight is 385 g/mol. The van der Waals surface area contributed by atoms with Crippen molar-refractivity contribution in [3.63, 3.8) is 0 Å². The Morgan fingerprint density at radius 2 is 1.75 bits per heavy atom. The van der Waals surface area contributed by atoms with Crippen LogP contribution in [0.25, 0.3) is 0 Å². The molecule has 0 aliphatic carbocycles. The number of hydrogen-bond acceptors (Lipinski definition) is 3. The van der Waals surface area contributed by atoms with Crippen molar-refractivity contribution in [2.75, 3.05) is 32.8 Å². The minimum absolute atomic E-state index is 0.0948. The number of ether oxygens (including phenoxy) is 1. The Labute approximate surface area is 168 Å². The lowest BCUT2D eigenvalue weighted by molar-refractivity contribution is -0.160. The van der Waals surface area contributed by atoms with Gasteiger partial charge in [0.1, 0.15) is 6.04 Å². The Kier molecular flexibility index (Phi) is 5.72. The molecule has 3 fully saturated rings. The highest BCUT2D eigenvalue weighted by Crippen LogP contribution is 2.45. The van der Waals surface area contributed by atoms with Crippen molar-refractivity contribution >= 4 is 11.8 Å². The van der Waals surface area contributed by atoms with E-state index in [1.807, 2.05) is 41.0 Å². The van der Waals surface area contributed by atoms with Gasteiger partial charge in [-0.05, 0) is 56.6 Å². The van der Waals surface area contributed by atoms with E-state index in [1.165, 1.54) is 0 Å². The van der Waals surface area contributed by atoms with Crippen molar-refractivity contribution in [3.05, 3.63) is 35.4 Å². The number of aryl methyl sites for hydroxylation is 1. The third-order valence-electron chi connectivity index (χ3n) is 7.03. The van der Waals surface area contributed by atoms with Gasteiger partial charge in [0, 0.05) is 38.3 Å². The predicted octanol–water partition coefficient (Wildman–Crippen LogP) is 2.95. The molecule has 4 rings (SSSR count). The van der Waals surface area contributed by atoms with Crippen molar-refractivity contribution in [1.29, 1.82) is 0 Å². The van der Waals surface area contributed by atoms with E-state index in [1.54, 1.807) is 0 Å². The van der Waals surface area contributed by atoms with Crippen molar-refractivity contribution in [1.82, 2.24) is 9.80 Å². The number of benzene rings is 1. The van der Waals surface area contributed by atoms with Gasteiger partial charge in [-0.3, -0.25) is 9.59 Å². The summed E-state index contributed by atoms with van der Waals surface area (Å²) in [6.45, 7) is 5.81. The molecule has 3 aliphatic rings. The summed E-state index contributed by atoms with van der Waals surface area (Å²) in [5.74, 6) is 0.273. The van der Waals surface area contributed by atoms with Gasteiger partial charge < -0.3 is 14.5 Å². The SMILES string of the molecule is Cc1ccccc1CC(=O)N1CCCC2(CCOCC2)C1C(=O)N1CCCC1. The Balaban J connectivity index is 1.62. The zero-order valence-electron chi connectivity index (χ0n) is 17.0. The molecule has 3 saturated heterocycles. The van der Waals surface area contributed by atoms with Gasteiger partial charge in [0.05, 0.1) is 6.42 Å². The lowest BCUT2D eigenvalue weighted by atomic mass is 9.67. The van der Waals surface area contributed by atoms with Crippen molar-refractivity contribution in [2.45, 2.75) is 57.9 Å². The Morgan fingerprint density at radius 3 is 2.46 bits per heavy atom. The molecule has 3 aliphatic heterocycles. The standard InChI is InChI=1S/C23H32N2O3/c1-18-7-2-3-8-19(18)17-20(26)25-14-6-9-23(10-15-28-16-11-23)21(25)22(27)24-12-4-5-13-24/h2-3,7-8,21H,4-6,9-17H2,1H3. The number of rotatable bonds is 3. The average Bonchev–Trinajstić information content (AvgIpc) is 3.24. The van der Waals surface area contributed by atoms with Crippen molar-refractivity contribution in [3.8, 4) is 0 Å². The van der Waals surface area contributed by atoms with Gasteiger partial charge in [0.15, 0.2) is 0 Å². The summed E-state index contributed by atoms with van der Waals surface area (Å²) < 4.78 is 5.63. The molecular weight excluding hydrogens is 352 g/mol. The maximum atomic E-state index is 13.6. The number of nitrogens with zero attached hydrogens (tertiary/aromatic N) is 2. The minimum atomic E-state index is -0.320. The summed E-state index contributed by atoms with van der Waals surface area (Å²) >= 11 is 0. The van der Waals surface area contributed by atoms with Crippen molar-refractivity contribution < 1.29 is 14.3 Å². The Morgan fingerprint density at radius 1 is 1.04 bits per heavy atom. The van der Waals surface area contributed by atoms with Gasteiger partial charge >= 0.3 is 0 Å². The zero-order valence-corrected chi connectivity index (χ0v) is 17.0. The van der Waals surface area contributed by atoms with Crippen LogP contribution in [0.2, 0.25) is 0 Å².